The highest BCUT2D eigenvalue weighted by atomic mass is 19.1. The van der Waals surface area contributed by atoms with E-state index in [2.05, 4.69) is 0 Å². The highest BCUT2D eigenvalue weighted by molar-refractivity contribution is 5.29. The molecule has 0 fully saturated rings. The smallest absolute Gasteiger partial charge is 0.128 e. The van der Waals surface area contributed by atoms with Crippen LogP contribution in [0, 0.1) is 12.7 Å². The van der Waals surface area contributed by atoms with E-state index in [4.69, 9.17) is 5.73 Å². The van der Waals surface area contributed by atoms with Crippen LogP contribution in [0.1, 0.15) is 30.5 Å². The second kappa shape index (κ2) is 3.68. The first-order valence-electron chi connectivity index (χ1n) is 4.17. The van der Waals surface area contributed by atoms with Crippen molar-refractivity contribution < 1.29 is 4.39 Å². The average molecular weight is 167 g/mol. The first-order chi connectivity index (χ1) is 5.66. The van der Waals surface area contributed by atoms with Gasteiger partial charge in [0, 0.05) is 11.6 Å². The van der Waals surface area contributed by atoms with Gasteiger partial charge in [-0.3, -0.25) is 0 Å². The van der Waals surface area contributed by atoms with Gasteiger partial charge in [0.15, 0.2) is 0 Å². The maximum Gasteiger partial charge on any atom is 0.128 e. The Morgan fingerprint density at radius 2 is 2.17 bits per heavy atom. The molecule has 0 saturated heterocycles. The largest absolute Gasteiger partial charge is 0.324 e. The van der Waals surface area contributed by atoms with Crippen LogP contribution in [0.2, 0.25) is 0 Å². The van der Waals surface area contributed by atoms with Crippen LogP contribution in [-0.4, -0.2) is 0 Å². The summed E-state index contributed by atoms with van der Waals surface area (Å²) in [5.41, 5.74) is 7.34. The van der Waals surface area contributed by atoms with Crippen molar-refractivity contribution in [2.24, 2.45) is 5.73 Å². The Labute approximate surface area is 72.4 Å². The molecule has 12 heavy (non-hydrogen) atoms. The molecule has 0 saturated carbocycles. The molecule has 1 nitrogen and oxygen atoms in total. The molecule has 2 heteroatoms. The van der Waals surface area contributed by atoms with E-state index < -0.39 is 0 Å². The van der Waals surface area contributed by atoms with E-state index in [1.54, 1.807) is 6.07 Å². The zero-order chi connectivity index (χ0) is 9.14. The van der Waals surface area contributed by atoms with Gasteiger partial charge in [-0.05, 0) is 25.0 Å². The summed E-state index contributed by atoms with van der Waals surface area (Å²) in [7, 11) is 0. The summed E-state index contributed by atoms with van der Waals surface area (Å²) in [6.07, 6.45) is 0.766. The minimum absolute atomic E-state index is 0.175. The molecule has 0 aromatic heterocycles. The lowest BCUT2D eigenvalue weighted by molar-refractivity contribution is 0.572. The monoisotopic (exact) mass is 167 g/mol. The predicted octanol–water partition coefficient (Wildman–Crippen LogP) is 2.54. The molecule has 0 heterocycles. The van der Waals surface area contributed by atoms with Crippen LogP contribution >= 0.6 is 0 Å². The second-order valence-corrected chi connectivity index (χ2v) is 2.99. The van der Waals surface area contributed by atoms with Gasteiger partial charge < -0.3 is 5.73 Å². The third kappa shape index (κ3) is 1.64. The molecule has 66 valence electrons. The normalized spacial score (nSPS) is 13.0. The van der Waals surface area contributed by atoms with Crippen molar-refractivity contribution in [3.05, 3.63) is 35.1 Å². The van der Waals surface area contributed by atoms with Gasteiger partial charge in [-0.1, -0.05) is 19.1 Å². The first kappa shape index (κ1) is 9.20. The van der Waals surface area contributed by atoms with Crippen molar-refractivity contribution in [1.82, 2.24) is 0 Å². The zero-order valence-electron chi connectivity index (χ0n) is 7.47. The average Bonchev–Trinajstić information content (AvgIpc) is 2.03. The maximum absolute atomic E-state index is 13.2. The summed E-state index contributed by atoms with van der Waals surface area (Å²) in [6, 6.07) is 4.87. The van der Waals surface area contributed by atoms with Crippen molar-refractivity contribution in [1.29, 1.82) is 0 Å². The second-order valence-electron chi connectivity index (χ2n) is 2.99. The summed E-state index contributed by atoms with van der Waals surface area (Å²) in [5, 5.41) is 0. The highest BCUT2D eigenvalue weighted by Gasteiger charge is 2.11. The SMILES string of the molecule is CC[C@@H](N)c1c(C)cccc1F. The molecule has 1 aromatic rings. The molecule has 0 unspecified atom stereocenters. The van der Waals surface area contributed by atoms with Gasteiger partial charge in [0.1, 0.15) is 5.82 Å². The third-order valence-electron chi connectivity index (χ3n) is 2.08. The van der Waals surface area contributed by atoms with Gasteiger partial charge in [0.25, 0.3) is 0 Å². The quantitative estimate of drug-likeness (QED) is 0.719. The first-order valence-corrected chi connectivity index (χ1v) is 4.17. The summed E-state index contributed by atoms with van der Waals surface area (Å²) < 4.78 is 13.2. The number of hydrogen-bond donors (Lipinski definition) is 1. The van der Waals surface area contributed by atoms with Crippen LogP contribution in [0.3, 0.4) is 0 Å². The minimum Gasteiger partial charge on any atom is -0.324 e. The lowest BCUT2D eigenvalue weighted by Gasteiger charge is -2.12. The van der Waals surface area contributed by atoms with E-state index in [1.165, 1.54) is 6.07 Å². The molecular weight excluding hydrogens is 153 g/mol. The molecule has 0 aliphatic heterocycles. The van der Waals surface area contributed by atoms with Gasteiger partial charge in [0.2, 0.25) is 0 Å². The molecule has 0 radical (unpaired) electrons. The van der Waals surface area contributed by atoms with Crippen LogP contribution in [0.15, 0.2) is 18.2 Å². The van der Waals surface area contributed by atoms with E-state index in [1.807, 2.05) is 19.9 Å². The number of halogens is 1. The summed E-state index contributed by atoms with van der Waals surface area (Å²) in [4.78, 5) is 0. The van der Waals surface area contributed by atoms with Crippen molar-refractivity contribution in [3.63, 3.8) is 0 Å². The lowest BCUT2D eigenvalue weighted by Crippen LogP contribution is -2.12. The third-order valence-corrected chi connectivity index (χ3v) is 2.08. The van der Waals surface area contributed by atoms with E-state index in [0.717, 1.165) is 12.0 Å². The van der Waals surface area contributed by atoms with Crippen molar-refractivity contribution in [2.75, 3.05) is 0 Å². The lowest BCUT2D eigenvalue weighted by atomic mass is 10.00. The summed E-state index contributed by atoms with van der Waals surface area (Å²) in [5.74, 6) is -0.190. The molecule has 0 aliphatic carbocycles. The Kier molecular flexibility index (Phi) is 2.82. The fourth-order valence-electron chi connectivity index (χ4n) is 1.32. The number of aryl methyl sites for hydroxylation is 1. The molecule has 0 aliphatic rings. The van der Waals surface area contributed by atoms with Crippen LogP contribution in [0.4, 0.5) is 4.39 Å². The highest BCUT2D eigenvalue weighted by Crippen LogP contribution is 2.21. The molecule has 0 bridgehead atoms. The molecule has 0 spiro atoms. The molecule has 0 amide bonds. The van der Waals surface area contributed by atoms with Crippen molar-refractivity contribution >= 4 is 0 Å². The zero-order valence-corrected chi connectivity index (χ0v) is 7.47. The maximum atomic E-state index is 13.2. The fraction of sp³-hybridized carbons (Fsp3) is 0.400. The van der Waals surface area contributed by atoms with Gasteiger partial charge in [0.05, 0.1) is 0 Å². The fourth-order valence-corrected chi connectivity index (χ4v) is 1.32. The predicted molar refractivity (Wildman–Crippen MR) is 48.4 cm³/mol. The number of nitrogens with two attached hydrogens (primary N) is 1. The van der Waals surface area contributed by atoms with Gasteiger partial charge in [-0.15, -0.1) is 0 Å². The van der Waals surface area contributed by atoms with Crippen LogP contribution in [0.5, 0.6) is 0 Å². The Hall–Kier alpha value is -0.890. The minimum atomic E-state index is -0.190. The Morgan fingerprint density at radius 1 is 1.50 bits per heavy atom. The molecule has 1 rings (SSSR count). The van der Waals surface area contributed by atoms with E-state index in [0.29, 0.717) is 5.56 Å². The molecule has 2 N–H and O–H groups in total. The number of hydrogen-bond acceptors (Lipinski definition) is 1. The van der Waals surface area contributed by atoms with E-state index in [-0.39, 0.29) is 11.9 Å². The van der Waals surface area contributed by atoms with Crippen LogP contribution in [-0.2, 0) is 0 Å². The van der Waals surface area contributed by atoms with Gasteiger partial charge in [-0.2, -0.15) is 0 Å². The van der Waals surface area contributed by atoms with Gasteiger partial charge >= 0.3 is 0 Å². The topological polar surface area (TPSA) is 26.0 Å². The summed E-state index contributed by atoms with van der Waals surface area (Å²) in [6.45, 7) is 3.84. The van der Waals surface area contributed by atoms with Crippen LogP contribution < -0.4 is 5.73 Å². The van der Waals surface area contributed by atoms with Crippen molar-refractivity contribution in [2.45, 2.75) is 26.3 Å². The molecule has 1 aromatic carbocycles. The van der Waals surface area contributed by atoms with Crippen molar-refractivity contribution in [3.8, 4) is 0 Å². The number of rotatable bonds is 2. The van der Waals surface area contributed by atoms with Crippen LogP contribution in [0.25, 0.3) is 0 Å². The Morgan fingerprint density at radius 3 is 2.67 bits per heavy atom. The Balaban J connectivity index is 3.12. The number of benzene rings is 1. The summed E-state index contributed by atoms with van der Waals surface area (Å²) >= 11 is 0. The van der Waals surface area contributed by atoms with E-state index in [9.17, 15) is 4.39 Å². The molecule has 1 atom stereocenters. The Bertz CT molecular complexity index is 250. The standard InChI is InChI=1S/C10H14FN/c1-3-9(12)10-7(2)5-4-6-8(10)11/h4-6,9H,3,12H2,1-2H3/t9-/m1/s1. The molecular formula is C10H14FN. The van der Waals surface area contributed by atoms with Gasteiger partial charge in [-0.25, -0.2) is 4.39 Å². The van der Waals surface area contributed by atoms with E-state index >= 15 is 0 Å².